The fourth-order valence-corrected chi connectivity index (χ4v) is 2.58. The minimum Gasteiger partial charge on any atom is -0.394 e. The lowest BCUT2D eigenvalue weighted by Crippen LogP contribution is -2.36. The summed E-state index contributed by atoms with van der Waals surface area (Å²) in [6.45, 7) is 3.75. The maximum Gasteiger partial charge on any atom is 0.230 e. The van der Waals surface area contributed by atoms with E-state index in [1.165, 1.54) is 11.8 Å². The lowest BCUT2D eigenvalue weighted by atomic mass is 10.2. The van der Waals surface area contributed by atoms with E-state index in [1.54, 1.807) is 6.92 Å². The predicted octanol–water partition coefficient (Wildman–Crippen LogP) is 2.35. The van der Waals surface area contributed by atoms with Crippen LogP contribution in [0.1, 0.15) is 12.5 Å². The van der Waals surface area contributed by atoms with Gasteiger partial charge in [0.1, 0.15) is 0 Å². The van der Waals surface area contributed by atoms with Crippen LogP contribution >= 0.6 is 27.7 Å². The average molecular weight is 318 g/mol. The van der Waals surface area contributed by atoms with E-state index in [0.29, 0.717) is 5.75 Å². The molecule has 0 aliphatic carbocycles. The Morgan fingerprint density at radius 2 is 2.29 bits per heavy atom. The van der Waals surface area contributed by atoms with Crippen molar-refractivity contribution in [1.29, 1.82) is 0 Å². The number of amides is 1. The van der Waals surface area contributed by atoms with Crippen LogP contribution in [-0.4, -0.2) is 29.4 Å². The second-order valence-corrected chi connectivity index (χ2v) is 5.78. The molecule has 1 amide bonds. The fourth-order valence-electron chi connectivity index (χ4n) is 1.28. The number of thioether (sulfide) groups is 1. The van der Waals surface area contributed by atoms with Gasteiger partial charge in [-0.1, -0.05) is 15.9 Å². The van der Waals surface area contributed by atoms with Crippen LogP contribution < -0.4 is 5.32 Å². The summed E-state index contributed by atoms with van der Waals surface area (Å²) in [5, 5.41) is 11.5. The first-order valence-electron chi connectivity index (χ1n) is 5.32. The van der Waals surface area contributed by atoms with Gasteiger partial charge in [0, 0.05) is 15.4 Å². The van der Waals surface area contributed by atoms with Crippen molar-refractivity contribution >= 4 is 33.6 Å². The van der Waals surface area contributed by atoms with E-state index in [4.69, 9.17) is 5.11 Å². The van der Waals surface area contributed by atoms with E-state index < -0.39 is 0 Å². The summed E-state index contributed by atoms with van der Waals surface area (Å²) in [5.74, 6) is 0.311. The molecule has 94 valence electrons. The molecular formula is C12H16BrNO2S. The minimum absolute atomic E-state index is 0.0340. The van der Waals surface area contributed by atoms with Gasteiger partial charge in [-0.3, -0.25) is 4.79 Å². The van der Waals surface area contributed by atoms with E-state index in [0.717, 1.165) is 14.9 Å². The maximum absolute atomic E-state index is 11.5. The van der Waals surface area contributed by atoms with Gasteiger partial charge in [0.05, 0.1) is 12.4 Å². The van der Waals surface area contributed by atoms with E-state index in [1.807, 2.05) is 25.1 Å². The number of aliphatic hydroxyl groups is 1. The van der Waals surface area contributed by atoms with Crippen molar-refractivity contribution in [2.45, 2.75) is 24.8 Å². The Labute approximate surface area is 114 Å². The fraction of sp³-hybridized carbons (Fsp3) is 0.417. The average Bonchev–Trinajstić information content (AvgIpc) is 2.27. The monoisotopic (exact) mass is 317 g/mol. The Morgan fingerprint density at radius 3 is 2.88 bits per heavy atom. The molecule has 3 nitrogen and oxygen atoms in total. The number of carbonyl (C=O) groups is 1. The summed E-state index contributed by atoms with van der Waals surface area (Å²) in [6, 6.07) is 5.79. The first kappa shape index (κ1) is 14.5. The van der Waals surface area contributed by atoms with Crippen LogP contribution in [0.2, 0.25) is 0 Å². The molecule has 1 rings (SSSR count). The van der Waals surface area contributed by atoms with Gasteiger partial charge in [-0.25, -0.2) is 0 Å². The Morgan fingerprint density at radius 1 is 1.59 bits per heavy atom. The van der Waals surface area contributed by atoms with Gasteiger partial charge in [-0.05, 0) is 37.6 Å². The summed E-state index contributed by atoms with van der Waals surface area (Å²) >= 11 is 4.90. The van der Waals surface area contributed by atoms with Crippen LogP contribution in [-0.2, 0) is 4.79 Å². The number of nitrogens with one attached hydrogen (secondary N) is 1. The molecule has 0 aliphatic heterocycles. The van der Waals surface area contributed by atoms with Crippen LogP contribution in [0.4, 0.5) is 0 Å². The highest BCUT2D eigenvalue weighted by molar-refractivity contribution is 9.10. The molecule has 17 heavy (non-hydrogen) atoms. The zero-order chi connectivity index (χ0) is 12.8. The molecule has 0 saturated heterocycles. The molecule has 0 fully saturated rings. The van der Waals surface area contributed by atoms with E-state index in [9.17, 15) is 4.79 Å². The molecule has 2 N–H and O–H groups in total. The Balaban J connectivity index is 2.47. The number of hydrogen-bond donors (Lipinski definition) is 2. The Kier molecular flexibility index (Phi) is 6.02. The van der Waals surface area contributed by atoms with Gasteiger partial charge in [-0.2, -0.15) is 0 Å². The number of hydrogen-bond acceptors (Lipinski definition) is 3. The lowest BCUT2D eigenvalue weighted by molar-refractivity contribution is -0.119. The van der Waals surface area contributed by atoms with Gasteiger partial charge < -0.3 is 10.4 Å². The molecule has 0 aliphatic rings. The molecule has 0 spiro atoms. The van der Waals surface area contributed by atoms with Crippen molar-refractivity contribution < 1.29 is 9.90 Å². The first-order chi connectivity index (χ1) is 8.02. The molecule has 1 atom stereocenters. The van der Waals surface area contributed by atoms with Crippen molar-refractivity contribution in [3.8, 4) is 0 Å². The highest BCUT2D eigenvalue weighted by Crippen LogP contribution is 2.24. The van der Waals surface area contributed by atoms with Gasteiger partial charge >= 0.3 is 0 Å². The number of carbonyl (C=O) groups excluding carboxylic acids is 1. The summed E-state index contributed by atoms with van der Waals surface area (Å²) in [6.07, 6.45) is 0. The van der Waals surface area contributed by atoms with Crippen LogP contribution in [0.25, 0.3) is 0 Å². The standard InChI is InChI=1S/C12H16BrNO2S/c1-8-5-10(13)3-4-11(8)17-7-12(16)14-9(2)6-15/h3-5,9,15H,6-7H2,1-2H3,(H,14,16)/t9-/m0/s1. The van der Waals surface area contributed by atoms with Gasteiger partial charge in [-0.15, -0.1) is 11.8 Å². The van der Waals surface area contributed by atoms with Crippen LogP contribution in [0.15, 0.2) is 27.6 Å². The molecule has 0 unspecified atom stereocenters. The third-order valence-corrected chi connectivity index (χ3v) is 3.85. The van der Waals surface area contributed by atoms with Crippen LogP contribution in [0, 0.1) is 6.92 Å². The molecule has 0 saturated carbocycles. The lowest BCUT2D eigenvalue weighted by Gasteiger charge is -2.11. The number of rotatable bonds is 5. The second-order valence-electron chi connectivity index (χ2n) is 3.85. The molecule has 5 heteroatoms. The zero-order valence-corrected chi connectivity index (χ0v) is 12.3. The van der Waals surface area contributed by atoms with E-state index in [-0.39, 0.29) is 18.6 Å². The van der Waals surface area contributed by atoms with E-state index >= 15 is 0 Å². The molecule has 1 aromatic carbocycles. The molecule has 0 heterocycles. The minimum atomic E-state index is -0.186. The van der Waals surface area contributed by atoms with Crippen molar-refractivity contribution in [3.05, 3.63) is 28.2 Å². The molecule has 1 aromatic rings. The smallest absolute Gasteiger partial charge is 0.230 e. The third-order valence-electron chi connectivity index (χ3n) is 2.18. The predicted molar refractivity (Wildman–Crippen MR) is 74.3 cm³/mol. The molecular weight excluding hydrogens is 302 g/mol. The quantitative estimate of drug-likeness (QED) is 0.820. The van der Waals surface area contributed by atoms with Gasteiger partial charge in [0.2, 0.25) is 5.91 Å². The summed E-state index contributed by atoms with van der Waals surface area (Å²) in [4.78, 5) is 12.6. The number of aryl methyl sites for hydroxylation is 1. The van der Waals surface area contributed by atoms with Crippen LogP contribution in [0.5, 0.6) is 0 Å². The zero-order valence-electron chi connectivity index (χ0n) is 9.87. The second kappa shape index (κ2) is 7.03. The highest BCUT2D eigenvalue weighted by atomic mass is 79.9. The number of benzene rings is 1. The number of halogens is 1. The van der Waals surface area contributed by atoms with Crippen molar-refractivity contribution in [2.24, 2.45) is 0 Å². The van der Waals surface area contributed by atoms with Gasteiger partial charge in [0.25, 0.3) is 0 Å². The SMILES string of the molecule is Cc1cc(Br)ccc1SCC(=O)N[C@@H](C)CO. The summed E-state index contributed by atoms with van der Waals surface area (Å²) in [7, 11) is 0. The van der Waals surface area contributed by atoms with Crippen molar-refractivity contribution in [3.63, 3.8) is 0 Å². The first-order valence-corrected chi connectivity index (χ1v) is 7.10. The Hall–Kier alpha value is -0.520. The highest BCUT2D eigenvalue weighted by Gasteiger charge is 2.07. The largest absolute Gasteiger partial charge is 0.394 e. The van der Waals surface area contributed by atoms with Crippen LogP contribution in [0.3, 0.4) is 0 Å². The number of aliphatic hydroxyl groups excluding tert-OH is 1. The molecule has 0 radical (unpaired) electrons. The van der Waals surface area contributed by atoms with Crippen molar-refractivity contribution in [2.75, 3.05) is 12.4 Å². The summed E-state index contributed by atoms with van der Waals surface area (Å²) in [5.41, 5.74) is 1.15. The van der Waals surface area contributed by atoms with Crippen molar-refractivity contribution in [1.82, 2.24) is 5.32 Å². The van der Waals surface area contributed by atoms with E-state index in [2.05, 4.69) is 21.2 Å². The summed E-state index contributed by atoms with van der Waals surface area (Å²) < 4.78 is 1.04. The topological polar surface area (TPSA) is 49.3 Å². The molecule has 0 aromatic heterocycles. The third kappa shape index (κ3) is 5.10. The van der Waals surface area contributed by atoms with Gasteiger partial charge in [0.15, 0.2) is 0 Å². The normalized spacial score (nSPS) is 12.2. The Bertz CT molecular complexity index is 398. The molecule has 0 bridgehead atoms. The maximum atomic E-state index is 11.5.